The Morgan fingerprint density at radius 1 is 1.47 bits per heavy atom. The Bertz CT molecular complexity index is 201. The first kappa shape index (κ1) is 12.9. The molecule has 15 heavy (non-hydrogen) atoms. The van der Waals surface area contributed by atoms with E-state index in [1.54, 1.807) is 0 Å². The summed E-state index contributed by atoms with van der Waals surface area (Å²) < 4.78 is 0. The molecule has 1 fully saturated rings. The lowest BCUT2D eigenvalue weighted by Crippen LogP contribution is -2.50. The predicted octanol–water partition coefficient (Wildman–Crippen LogP) is 0.853. The molecule has 1 aliphatic rings. The molecule has 0 aliphatic carbocycles. The lowest BCUT2D eigenvalue weighted by atomic mass is 9.76. The smallest absolute Gasteiger partial charge is 0.0193 e. The number of likely N-dealkylation sites (tertiary alicyclic amines) is 1. The average molecular weight is 213 g/mol. The van der Waals surface area contributed by atoms with E-state index in [0.29, 0.717) is 6.04 Å². The van der Waals surface area contributed by atoms with Gasteiger partial charge in [0.1, 0.15) is 0 Å². The topological polar surface area (TPSA) is 32.5 Å². The normalized spacial score (nSPS) is 26.2. The van der Waals surface area contributed by atoms with Gasteiger partial charge in [-0.05, 0) is 52.0 Å². The monoisotopic (exact) mass is 213 g/mol. The van der Waals surface area contributed by atoms with Crippen molar-refractivity contribution in [2.75, 3.05) is 40.8 Å². The van der Waals surface area contributed by atoms with Crippen LogP contribution in [0.4, 0.5) is 0 Å². The van der Waals surface area contributed by atoms with Crippen LogP contribution in [0.3, 0.4) is 0 Å². The van der Waals surface area contributed by atoms with Gasteiger partial charge in [-0.1, -0.05) is 13.8 Å². The molecule has 1 heterocycles. The maximum atomic E-state index is 5.91. The van der Waals surface area contributed by atoms with Crippen LogP contribution >= 0.6 is 0 Å². The van der Waals surface area contributed by atoms with Gasteiger partial charge in [0.05, 0.1) is 0 Å². The second-order valence-electron chi connectivity index (χ2n) is 5.91. The maximum absolute atomic E-state index is 5.91. The quantitative estimate of drug-likeness (QED) is 0.751. The molecule has 0 aromatic carbocycles. The van der Waals surface area contributed by atoms with E-state index in [-0.39, 0.29) is 5.41 Å². The molecule has 0 amide bonds. The van der Waals surface area contributed by atoms with Crippen molar-refractivity contribution in [1.29, 1.82) is 0 Å². The standard InChI is InChI=1S/C12H27N3/c1-12(2,9-13)11(14(3)4)10-6-7-15(5)8-10/h10-11H,6-9,13H2,1-5H3. The summed E-state index contributed by atoms with van der Waals surface area (Å²) in [6.45, 7) is 7.78. The molecule has 2 atom stereocenters. The maximum Gasteiger partial charge on any atom is 0.0193 e. The fraction of sp³-hybridized carbons (Fsp3) is 1.00. The molecule has 0 aromatic rings. The zero-order chi connectivity index (χ0) is 11.6. The van der Waals surface area contributed by atoms with Crippen LogP contribution in [0, 0.1) is 11.3 Å². The molecular weight excluding hydrogens is 186 g/mol. The van der Waals surface area contributed by atoms with Crippen LogP contribution in [0.2, 0.25) is 0 Å². The molecule has 3 nitrogen and oxygen atoms in total. The Kier molecular flexibility index (Phi) is 4.15. The van der Waals surface area contributed by atoms with Crippen molar-refractivity contribution in [3.05, 3.63) is 0 Å². The highest BCUT2D eigenvalue weighted by Gasteiger charge is 2.38. The summed E-state index contributed by atoms with van der Waals surface area (Å²) in [5, 5.41) is 0. The molecule has 0 spiro atoms. The van der Waals surface area contributed by atoms with Crippen molar-refractivity contribution in [3.63, 3.8) is 0 Å². The van der Waals surface area contributed by atoms with Gasteiger partial charge in [-0.15, -0.1) is 0 Å². The van der Waals surface area contributed by atoms with E-state index in [4.69, 9.17) is 5.73 Å². The third kappa shape index (κ3) is 2.92. The fourth-order valence-electron chi connectivity index (χ4n) is 3.11. The van der Waals surface area contributed by atoms with Gasteiger partial charge in [0.2, 0.25) is 0 Å². The molecule has 0 bridgehead atoms. The van der Waals surface area contributed by atoms with E-state index in [2.05, 4.69) is 44.8 Å². The molecule has 0 aromatic heterocycles. The first-order valence-electron chi connectivity index (χ1n) is 5.93. The van der Waals surface area contributed by atoms with Crippen LogP contribution in [-0.2, 0) is 0 Å². The summed E-state index contributed by atoms with van der Waals surface area (Å²) in [6, 6.07) is 0.590. The van der Waals surface area contributed by atoms with E-state index in [1.807, 2.05) is 0 Å². The van der Waals surface area contributed by atoms with Gasteiger partial charge in [-0.3, -0.25) is 0 Å². The van der Waals surface area contributed by atoms with Crippen molar-refractivity contribution < 1.29 is 0 Å². The minimum atomic E-state index is 0.208. The first-order chi connectivity index (χ1) is 6.88. The van der Waals surface area contributed by atoms with Gasteiger partial charge < -0.3 is 15.5 Å². The molecule has 2 N–H and O–H groups in total. The molecule has 3 heteroatoms. The summed E-state index contributed by atoms with van der Waals surface area (Å²) in [4.78, 5) is 4.78. The van der Waals surface area contributed by atoms with Crippen molar-refractivity contribution in [2.45, 2.75) is 26.3 Å². The Balaban J connectivity index is 2.74. The molecule has 1 saturated heterocycles. The summed E-state index contributed by atoms with van der Waals surface area (Å²) >= 11 is 0. The second-order valence-corrected chi connectivity index (χ2v) is 5.91. The highest BCUT2D eigenvalue weighted by atomic mass is 15.2. The van der Waals surface area contributed by atoms with E-state index < -0.39 is 0 Å². The van der Waals surface area contributed by atoms with Crippen molar-refractivity contribution in [3.8, 4) is 0 Å². The van der Waals surface area contributed by atoms with Gasteiger partial charge in [-0.25, -0.2) is 0 Å². The number of hydrogen-bond acceptors (Lipinski definition) is 3. The molecule has 1 aliphatic heterocycles. The van der Waals surface area contributed by atoms with Gasteiger partial charge in [0.25, 0.3) is 0 Å². The Morgan fingerprint density at radius 3 is 2.40 bits per heavy atom. The van der Waals surface area contributed by atoms with E-state index in [1.165, 1.54) is 19.5 Å². The number of hydrogen-bond donors (Lipinski definition) is 1. The molecular formula is C12H27N3. The Morgan fingerprint density at radius 2 is 2.07 bits per heavy atom. The van der Waals surface area contributed by atoms with Crippen molar-refractivity contribution >= 4 is 0 Å². The van der Waals surface area contributed by atoms with Crippen molar-refractivity contribution in [2.24, 2.45) is 17.1 Å². The van der Waals surface area contributed by atoms with Crippen LogP contribution < -0.4 is 5.73 Å². The lowest BCUT2D eigenvalue weighted by Gasteiger charge is -2.42. The molecule has 90 valence electrons. The van der Waals surface area contributed by atoms with Crippen LogP contribution in [0.25, 0.3) is 0 Å². The number of nitrogens with two attached hydrogens (primary N) is 1. The van der Waals surface area contributed by atoms with Gasteiger partial charge >= 0.3 is 0 Å². The summed E-state index contributed by atoms with van der Waals surface area (Å²) in [5.41, 5.74) is 6.11. The largest absolute Gasteiger partial charge is 0.330 e. The van der Waals surface area contributed by atoms with Crippen LogP contribution in [0.15, 0.2) is 0 Å². The molecule has 2 unspecified atom stereocenters. The summed E-state index contributed by atoms with van der Waals surface area (Å²) in [6.07, 6.45) is 1.31. The SMILES string of the molecule is CN1CCC(C(N(C)C)C(C)(C)CN)C1. The molecule has 1 rings (SSSR count). The zero-order valence-corrected chi connectivity index (χ0v) is 11.0. The van der Waals surface area contributed by atoms with Gasteiger partial charge in [0, 0.05) is 12.6 Å². The third-order valence-corrected chi connectivity index (χ3v) is 3.76. The molecule has 0 saturated carbocycles. The Hall–Kier alpha value is -0.120. The van der Waals surface area contributed by atoms with E-state index in [9.17, 15) is 0 Å². The highest BCUT2D eigenvalue weighted by Crippen LogP contribution is 2.33. The Labute approximate surface area is 94.6 Å². The average Bonchev–Trinajstić information content (AvgIpc) is 2.51. The van der Waals surface area contributed by atoms with Crippen LogP contribution in [0.1, 0.15) is 20.3 Å². The van der Waals surface area contributed by atoms with E-state index >= 15 is 0 Å². The summed E-state index contributed by atoms with van der Waals surface area (Å²) in [5.74, 6) is 0.767. The van der Waals surface area contributed by atoms with Crippen LogP contribution in [0.5, 0.6) is 0 Å². The number of rotatable bonds is 4. The minimum absolute atomic E-state index is 0.208. The van der Waals surface area contributed by atoms with Crippen LogP contribution in [-0.4, -0.2) is 56.6 Å². The lowest BCUT2D eigenvalue weighted by molar-refractivity contribution is 0.0884. The van der Waals surface area contributed by atoms with E-state index in [0.717, 1.165) is 12.5 Å². The van der Waals surface area contributed by atoms with Crippen molar-refractivity contribution in [1.82, 2.24) is 9.80 Å². The zero-order valence-electron chi connectivity index (χ0n) is 11.0. The van der Waals surface area contributed by atoms with Gasteiger partial charge in [0.15, 0.2) is 0 Å². The third-order valence-electron chi connectivity index (χ3n) is 3.76. The summed E-state index contributed by atoms with van der Waals surface area (Å²) in [7, 11) is 6.57. The van der Waals surface area contributed by atoms with Gasteiger partial charge in [-0.2, -0.15) is 0 Å². The molecule has 0 radical (unpaired) electrons. The second kappa shape index (κ2) is 4.81. The first-order valence-corrected chi connectivity index (χ1v) is 5.93. The fourth-order valence-corrected chi connectivity index (χ4v) is 3.11. The highest BCUT2D eigenvalue weighted by molar-refractivity contribution is 4.93. The predicted molar refractivity (Wildman–Crippen MR) is 65.9 cm³/mol. The minimum Gasteiger partial charge on any atom is -0.330 e. The number of nitrogens with zero attached hydrogens (tertiary/aromatic N) is 2.